The molecule has 0 spiro atoms. The monoisotopic (exact) mass is 510 g/mol. The van der Waals surface area contributed by atoms with Gasteiger partial charge < -0.3 is 14.8 Å². The standard InChI is InChI=1S/C32H38N4O2/c1-24(2)35(22-26-15-6-4-7-16-26)31(37)23-36-29-19-12-11-18-28(29)34-30(36)20-8-5-13-21-33-32(38)27-17-10-9-14-25(27)3/h4,6-7,9-12,14-19,24H,5,8,13,20-23H2,1-3H3,(H,33,38). The summed E-state index contributed by atoms with van der Waals surface area (Å²) in [6.07, 6.45) is 3.59. The van der Waals surface area contributed by atoms with E-state index in [1.54, 1.807) is 0 Å². The van der Waals surface area contributed by atoms with Crippen LogP contribution < -0.4 is 5.32 Å². The Morgan fingerprint density at radius 1 is 0.895 bits per heavy atom. The Morgan fingerprint density at radius 3 is 2.37 bits per heavy atom. The lowest BCUT2D eigenvalue weighted by molar-refractivity contribution is -0.134. The third-order valence-corrected chi connectivity index (χ3v) is 6.92. The van der Waals surface area contributed by atoms with E-state index in [2.05, 4.69) is 35.9 Å². The van der Waals surface area contributed by atoms with Crippen molar-refractivity contribution in [1.29, 1.82) is 0 Å². The molecule has 3 aromatic carbocycles. The number of imidazole rings is 1. The summed E-state index contributed by atoms with van der Waals surface area (Å²) in [5.74, 6) is 1.01. The average Bonchev–Trinajstić information content (AvgIpc) is 3.26. The highest BCUT2D eigenvalue weighted by Gasteiger charge is 2.20. The van der Waals surface area contributed by atoms with Crippen LogP contribution in [0.4, 0.5) is 0 Å². The summed E-state index contributed by atoms with van der Waals surface area (Å²) in [7, 11) is 0. The van der Waals surface area contributed by atoms with Crippen molar-refractivity contribution in [1.82, 2.24) is 19.8 Å². The van der Waals surface area contributed by atoms with Crippen LogP contribution in [-0.2, 0) is 24.3 Å². The number of amides is 2. The van der Waals surface area contributed by atoms with E-state index in [0.29, 0.717) is 13.1 Å². The molecule has 4 aromatic rings. The van der Waals surface area contributed by atoms with Crippen LogP contribution in [0, 0.1) is 6.92 Å². The predicted molar refractivity (Wildman–Crippen MR) is 153 cm³/mol. The Morgan fingerprint density at radius 2 is 1.61 bits per heavy atom. The molecule has 0 aliphatic heterocycles. The summed E-state index contributed by atoms with van der Waals surface area (Å²) in [6, 6.07) is 25.9. The molecule has 38 heavy (non-hydrogen) atoms. The van der Waals surface area contributed by atoms with Crippen LogP contribution in [0.1, 0.15) is 60.4 Å². The molecule has 0 aliphatic carbocycles. The Bertz CT molecular complexity index is 1360. The number of aryl methyl sites for hydroxylation is 2. The smallest absolute Gasteiger partial charge is 0.251 e. The zero-order chi connectivity index (χ0) is 26.9. The van der Waals surface area contributed by atoms with E-state index in [1.165, 1.54) is 0 Å². The van der Waals surface area contributed by atoms with Gasteiger partial charge in [-0.25, -0.2) is 4.98 Å². The normalized spacial score (nSPS) is 11.2. The van der Waals surface area contributed by atoms with E-state index in [1.807, 2.05) is 78.6 Å². The van der Waals surface area contributed by atoms with Crippen LogP contribution in [0.15, 0.2) is 78.9 Å². The van der Waals surface area contributed by atoms with Gasteiger partial charge in [0.2, 0.25) is 5.91 Å². The number of para-hydroxylation sites is 2. The van der Waals surface area contributed by atoms with Crippen LogP contribution in [0.2, 0.25) is 0 Å². The molecule has 0 saturated heterocycles. The molecular weight excluding hydrogens is 472 g/mol. The van der Waals surface area contributed by atoms with E-state index in [4.69, 9.17) is 4.98 Å². The van der Waals surface area contributed by atoms with Crippen LogP contribution in [0.3, 0.4) is 0 Å². The van der Waals surface area contributed by atoms with Crippen LogP contribution in [0.5, 0.6) is 0 Å². The first-order valence-corrected chi connectivity index (χ1v) is 13.6. The molecule has 1 aromatic heterocycles. The van der Waals surface area contributed by atoms with Crippen molar-refractivity contribution >= 4 is 22.8 Å². The number of benzene rings is 3. The molecule has 0 unspecified atom stereocenters. The highest BCUT2D eigenvalue weighted by Crippen LogP contribution is 2.19. The van der Waals surface area contributed by atoms with Gasteiger partial charge in [-0.3, -0.25) is 9.59 Å². The number of nitrogens with zero attached hydrogens (tertiary/aromatic N) is 3. The van der Waals surface area contributed by atoms with E-state index in [9.17, 15) is 9.59 Å². The molecule has 1 heterocycles. The summed E-state index contributed by atoms with van der Waals surface area (Å²) in [5, 5.41) is 3.03. The molecule has 6 nitrogen and oxygen atoms in total. The van der Waals surface area contributed by atoms with Gasteiger partial charge >= 0.3 is 0 Å². The molecule has 0 radical (unpaired) electrons. The summed E-state index contributed by atoms with van der Waals surface area (Å²) < 4.78 is 2.08. The number of aromatic nitrogens is 2. The quantitative estimate of drug-likeness (QED) is 0.240. The zero-order valence-electron chi connectivity index (χ0n) is 22.7. The largest absolute Gasteiger partial charge is 0.352 e. The topological polar surface area (TPSA) is 67.2 Å². The van der Waals surface area contributed by atoms with Crippen LogP contribution >= 0.6 is 0 Å². The summed E-state index contributed by atoms with van der Waals surface area (Å²) in [6.45, 7) is 7.58. The molecule has 0 atom stereocenters. The van der Waals surface area contributed by atoms with Crippen molar-refractivity contribution < 1.29 is 9.59 Å². The second-order valence-electron chi connectivity index (χ2n) is 10.1. The van der Waals surface area contributed by atoms with Gasteiger partial charge in [0.15, 0.2) is 0 Å². The Kier molecular flexibility index (Phi) is 9.30. The maximum Gasteiger partial charge on any atom is 0.251 e. The Hall–Kier alpha value is -3.93. The molecule has 0 saturated carbocycles. The fourth-order valence-electron chi connectivity index (χ4n) is 4.77. The van der Waals surface area contributed by atoms with Gasteiger partial charge in [-0.2, -0.15) is 0 Å². The van der Waals surface area contributed by atoms with Gasteiger partial charge in [0, 0.05) is 31.1 Å². The minimum Gasteiger partial charge on any atom is -0.352 e. The number of unbranched alkanes of at least 4 members (excludes halogenated alkanes) is 2. The Labute approximate surface area is 225 Å². The highest BCUT2D eigenvalue weighted by atomic mass is 16.2. The van der Waals surface area contributed by atoms with Crippen molar-refractivity contribution in [3.8, 4) is 0 Å². The number of hydrogen-bond acceptors (Lipinski definition) is 3. The lowest BCUT2D eigenvalue weighted by Crippen LogP contribution is -2.38. The van der Waals surface area contributed by atoms with Crippen molar-refractivity contribution in [2.24, 2.45) is 0 Å². The first-order valence-electron chi connectivity index (χ1n) is 13.6. The number of hydrogen-bond donors (Lipinski definition) is 1. The first kappa shape index (κ1) is 27.1. The molecule has 6 heteroatoms. The maximum absolute atomic E-state index is 13.5. The van der Waals surface area contributed by atoms with E-state index in [0.717, 1.165) is 59.2 Å². The molecule has 0 fully saturated rings. The second-order valence-corrected chi connectivity index (χ2v) is 10.1. The molecule has 0 bridgehead atoms. The average molecular weight is 511 g/mol. The second kappa shape index (κ2) is 13.0. The Balaban J connectivity index is 1.36. The molecule has 0 aliphatic rings. The maximum atomic E-state index is 13.5. The molecule has 1 N–H and O–H groups in total. The molecule has 4 rings (SSSR count). The van der Waals surface area contributed by atoms with Gasteiger partial charge in [0.05, 0.1) is 11.0 Å². The fourth-order valence-corrected chi connectivity index (χ4v) is 4.77. The van der Waals surface area contributed by atoms with E-state index in [-0.39, 0.29) is 24.4 Å². The van der Waals surface area contributed by atoms with E-state index < -0.39 is 0 Å². The number of rotatable bonds is 12. The third-order valence-electron chi connectivity index (χ3n) is 6.92. The molecule has 198 valence electrons. The van der Waals surface area contributed by atoms with Crippen molar-refractivity contribution in [3.05, 3.63) is 101 Å². The van der Waals surface area contributed by atoms with Gasteiger partial charge in [-0.05, 0) is 62.9 Å². The van der Waals surface area contributed by atoms with Gasteiger partial charge in [-0.15, -0.1) is 0 Å². The number of carbonyl (C=O) groups excluding carboxylic acids is 2. The van der Waals surface area contributed by atoms with Gasteiger partial charge in [0.1, 0.15) is 12.4 Å². The van der Waals surface area contributed by atoms with Crippen LogP contribution in [0.25, 0.3) is 11.0 Å². The predicted octanol–water partition coefficient (Wildman–Crippen LogP) is 5.92. The summed E-state index contributed by atoms with van der Waals surface area (Å²) in [5.41, 5.74) is 4.75. The van der Waals surface area contributed by atoms with Crippen molar-refractivity contribution in [3.63, 3.8) is 0 Å². The third kappa shape index (κ3) is 6.88. The van der Waals surface area contributed by atoms with Crippen LogP contribution in [-0.4, -0.2) is 38.9 Å². The van der Waals surface area contributed by atoms with Gasteiger partial charge in [0.25, 0.3) is 5.91 Å². The SMILES string of the molecule is Cc1ccccc1C(=O)NCCCCCc1nc2ccccc2n1CC(=O)N(Cc1ccccc1)C(C)C. The first-order chi connectivity index (χ1) is 18.4. The van der Waals surface area contributed by atoms with Crippen molar-refractivity contribution in [2.75, 3.05) is 6.54 Å². The summed E-state index contributed by atoms with van der Waals surface area (Å²) >= 11 is 0. The number of nitrogens with one attached hydrogen (secondary N) is 1. The molecular formula is C32H38N4O2. The lowest BCUT2D eigenvalue weighted by Gasteiger charge is -2.27. The van der Waals surface area contributed by atoms with Gasteiger partial charge in [-0.1, -0.05) is 67.1 Å². The minimum absolute atomic E-state index is 0.0198. The fraction of sp³-hybridized carbons (Fsp3) is 0.344. The minimum atomic E-state index is -0.0198. The summed E-state index contributed by atoms with van der Waals surface area (Å²) in [4.78, 5) is 32.7. The number of fused-ring (bicyclic) bond motifs is 1. The number of carbonyl (C=O) groups is 2. The molecule has 2 amide bonds. The highest BCUT2D eigenvalue weighted by molar-refractivity contribution is 5.95. The lowest BCUT2D eigenvalue weighted by atomic mass is 10.1. The van der Waals surface area contributed by atoms with E-state index >= 15 is 0 Å². The van der Waals surface area contributed by atoms with Crippen molar-refractivity contribution in [2.45, 2.75) is 65.6 Å². The zero-order valence-corrected chi connectivity index (χ0v) is 22.7.